The van der Waals surface area contributed by atoms with Gasteiger partial charge in [0.25, 0.3) is 0 Å². The maximum Gasteiger partial charge on any atom is 0.0905 e. The standard InChI is InChI=1S/C9H8O/c10-9(6-7-9)8-4-2-1-3-5-8/h2,4-5,10H,6-7H2. The van der Waals surface area contributed by atoms with E-state index in [-0.39, 0.29) is 0 Å². The van der Waals surface area contributed by atoms with E-state index in [2.05, 4.69) is 12.1 Å². The van der Waals surface area contributed by atoms with Gasteiger partial charge >= 0.3 is 0 Å². The van der Waals surface area contributed by atoms with E-state index in [1.807, 2.05) is 6.07 Å². The number of rotatable bonds is 1. The lowest BCUT2D eigenvalue weighted by Gasteiger charge is -2.03. The van der Waals surface area contributed by atoms with Gasteiger partial charge in [-0.05, 0) is 36.6 Å². The van der Waals surface area contributed by atoms with Crippen LogP contribution in [0.25, 0.3) is 0 Å². The van der Waals surface area contributed by atoms with E-state index in [1.165, 1.54) is 0 Å². The summed E-state index contributed by atoms with van der Waals surface area (Å²) in [5.41, 5.74) is 0.470. The van der Waals surface area contributed by atoms with Crippen molar-refractivity contribution in [1.82, 2.24) is 0 Å². The Bertz CT molecular complexity index is 224. The Balaban J connectivity index is 2.35. The highest BCUT2D eigenvalue weighted by atomic mass is 16.3. The second-order valence-electron chi connectivity index (χ2n) is 2.75. The molecule has 0 radical (unpaired) electrons. The highest BCUT2D eigenvalue weighted by Crippen LogP contribution is 2.44. The average Bonchev–Trinajstić information content (AvgIpc) is 2.72. The maximum absolute atomic E-state index is 9.57. The minimum atomic E-state index is -0.508. The minimum absolute atomic E-state index is 0.508. The summed E-state index contributed by atoms with van der Waals surface area (Å²) in [6.07, 6.45) is 1.79. The van der Waals surface area contributed by atoms with Crippen molar-refractivity contribution in [2.24, 2.45) is 0 Å². The summed E-state index contributed by atoms with van der Waals surface area (Å²) >= 11 is 0. The van der Waals surface area contributed by atoms with Crippen LogP contribution in [-0.2, 0) is 5.60 Å². The van der Waals surface area contributed by atoms with Gasteiger partial charge in [0, 0.05) is 0 Å². The third-order valence-corrected chi connectivity index (χ3v) is 1.92. The largest absolute Gasteiger partial charge is 0.385 e. The normalized spacial score (nSPS) is 19.7. The molecular formula is C9H8O. The van der Waals surface area contributed by atoms with Gasteiger partial charge in [-0.3, -0.25) is 0 Å². The molecule has 1 aromatic carbocycles. The van der Waals surface area contributed by atoms with Crippen LogP contribution >= 0.6 is 0 Å². The third-order valence-electron chi connectivity index (χ3n) is 1.92. The summed E-state index contributed by atoms with van der Waals surface area (Å²) in [6, 6.07) is 11.1. The molecule has 0 atom stereocenters. The molecule has 0 spiro atoms. The van der Waals surface area contributed by atoms with Gasteiger partial charge in [0.2, 0.25) is 0 Å². The molecule has 1 aromatic rings. The van der Waals surface area contributed by atoms with Gasteiger partial charge in [-0.15, -0.1) is 0 Å². The zero-order valence-corrected chi connectivity index (χ0v) is 5.59. The Hall–Kier alpha value is -1.00. The fourth-order valence-corrected chi connectivity index (χ4v) is 1.04. The molecular weight excluding hydrogens is 124 g/mol. The predicted octanol–water partition coefficient (Wildman–Crippen LogP) is 1.27. The summed E-state index contributed by atoms with van der Waals surface area (Å²) in [6.45, 7) is 0. The highest BCUT2D eigenvalue weighted by Gasteiger charge is 2.41. The lowest BCUT2D eigenvalue weighted by Crippen LogP contribution is -2.02. The van der Waals surface area contributed by atoms with E-state index < -0.39 is 5.60 Å². The molecule has 1 nitrogen and oxygen atoms in total. The fourth-order valence-electron chi connectivity index (χ4n) is 1.04. The molecule has 1 aliphatic carbocycles. The second-order valence-corrected chi connectivity index (χ2v) is 2.75. The molecule has 10 heavy (non-hydrogen) atoms. The molecule has 1 heteroatoms. The Morgan fingerprint density at radius 1 is 1.40 bits per heavy atom. The van der Waals surface area contributed by atoms with Gasteiger partial charge in [0.1, 0.15) is 0 Å². The number of hydrogen-bond donors (Lipinski definition) is 1. The van der Waals surface area contributed by atoms with Crippen LogP contribution in [0.15, 0.2) is 18.2 Å². The van der Waals surface area contributed by atoms with Gasteiger partial charge in [0.05, 0.1) is 5.60 Å². The van der Waals surface area contributed by atoms with E-state index in [4.69, 9.17) is 0 Å². The molecule has 50 valence electrons. The Morgan fingerprint density at radius 2 is 2.20 bits per heavy atom. The van der Waals surface area contributed by atoms with Crippen LogP contribution in [0.2, 0.25) is 0 Å². The lowest BCUT2D eigenvalue weighted by molar-refractivity contribution is 0.151. The summed E-state index contributed by atoms with van der Waals surface area (Å²) in [4.78, 5) is 0. The summed E-state index contributed by atoms with van der Waals surface area (Å²) < 4.78 is 0. The molecule has 0 bridgehead atoms. The second kappa shape index (κ2) is 1.74. The molecule has 0 heterocycles. The smallest absolute Gasteiger partial charge is 0.0905 e. The van der Waals surface area contributed by atoms with Gasteiger partial charge in [-0.25, -0.2) is 0 Å². The van der Waals surface area contributed by atoms with Gasteiger partial charge in [-0.2, -0.15) is 0 Å². The Labute approximate surface area is 60.3 Å². The SMILES string of the molecule is OC1(c2cc#ccc2)CC1. The van der Waals surface area contributed by atoms with Crippen LogP contribution in [0.4, 0.5) is 0 Å². The highest BCUT2D eigenvalue weighted by molar-refractivity contribution is 5.24. The topological polar surface area (TPSA) is 20.2 Å². The molecule has 1 aliphatic rings. The molecule has 0 unspecified atom stereocenters. The van der Waals surface area contributed by atoms with Crippen molar-refractivity contribution in [3.63, 3.8) is 0 Å². The lowest BCUT2D eigenvalue weighted by atomic mass is 10.1. The predicted molar refractivity (Wildman–Crippen MR) is 37.2 cm³/mol. The van der Waals surface area contributed by atoms with Crippen molar-refractivity contribution < 1.29 is 5.11 Å². The minimum Gasteiger partial charge on any atom is -0.385 e. The summed E-state index contributed by atoms with van der Waals surface area (Å²) in [5.74, 6) is 0. The molecule has 0 saturated heterocycles. The van der Waals surface area contributed by atoms with E-state index >= 15 is 0 Å². The number of aliphatic hydroxyl groups is 1. The van der Waals surface area contributed by atoms with Crippen LogP contribution in [0.5, 0.6) is 0 Å². The van der Waals surface area contributed by atoms with Gasteiger partial charge in [0.15, 0.2) is 0 Å². The zero-order chi connectivity index (χ0) is 7.03. The first kappa shape index (κ1) is 5.76. The van der Waals surface area contributed by atoms with Crippen molar-refractivity contribution in [2.75, 3.05) is 0 Å². The van der Waals surface area contributed by atoms with Crippen LogP contribution in [-0.4, -0.2) is 5.11 Å². The van der Waals surface area contributed by atoms with Crippen LogP contribution in [0.3, 0.4) is 0 Å². The van der Waals surface area contributed by atoms with Gasteiger partial charge in [-0.1, -0.05) is 12.1 Å². The molecule has 2 rings (SSSR count). The molecule has 1 saturated carbocycles. The first-order valence-corrected chi connectivity index (χ1v) is 3.42. The first-order chi connectivity index (χ1) is 4.81. The van der Waals surface area contributed by atoms with Crippen molar-refractivity contribution in [3.8, 4) is 0 Å². The van der Waals surface area contributed by atoms with Crippen molar-refractivity contribution in [3.05, 3.63) is 35.9 Å². The molecule has 0 aromatic heterocycles. The first-order valence-electron chi connectivity index (χ1n) is 3.42. The third kappa shape index (κ3) is 0.778. The van der Waals surface area contributed by atoms with E-state index in [9.17, 15) is 5.11 Å². The molecule has 0 aliphatic heterocycles. The van der Waals surface area contributed by atoms with E-state index in [1.54, 1.807) is 12.1 Å². The van der Waals surface area contributed by atoms with Gasteiger partial charge < -0.3 is 5.11 Å². The summed E-state index contributed by atoms with van der Waals surface area (Å²) in [7, 11) is 0. The monoisotopic (exact) mass is 132 g/mol. The van der Waals surface area contributed by atoms with Crippen molar-refractivity contribution in [1.29, 1.82) is 0 Å². The number of hydrogen-bond acceptors (Lipinski definition) is 1. The van der Waals surface area contributed by atoms with Crippen LogP contribution in [0.1, 0.15) is 18.4 Å². The molecule has 1 N–H and O–H groups in total. The van der Waals surface area contributed by atoms with Crippen molar-refractivity contribution >= 4 is 0 Å². The Morgan fingerprint density at radius 3 is 2.70 bits per heavy atom. The maximum atomic E-state index is 9.57. The van der Waals surface area contributed by atoms with Crippen molar-refractivity contribution in [2.45, 2.75) is 18.4 Å². The Kier molecular flexibility index (Phi) is 1.00. The molecule has 0 amide bonds. The molecule has 1 fully saturated rings. The van der Waals surface area contributed by atoms with Crippen LogP contribution in [0, 0.1) is 12.1 Å². The van der Waals surface area contributed by atoms with E-state index in [0.29, 0.717) is 0 Å². The average molecular weight is 132 g/mol. The zero-order valence-electron chi connectivity index (χ0n) is 5.59. The van der Waals surface area contributed by atoms with E-state index in [0.717, 1.165) is 18.4 Å². The van der Waals surface area contributed by atoms with Crippen LogP contribution < -0.4 is 0 Å². The summed E-state index contributed by atoms with van der Waals surface area (Å²) in [5, 5.41) is 9.57. The quantitative estimate of drug-likeness (QED) is 0.610. The fraction of sp³-hybridized carbons (Fsp3) is 0.333.